The van der Waals surface area contributed by atoms with Crippen LogP contribution in [-0.2, 0) is 6.42 Å². The van der Waals surface area contributed by atoms with Crippen molar-refractivity contribution in [2.45, 2.75) is 19.8 Å². The van der Waals surface area contributed by atoms with Crippen molar-refractivity contribution in [1.29, 1.82) is 5.26 Å². The summed E-state index contributed by atoms with van der Waals surface area (Å²) in [6.07, 6.45) is 3.61. The standard InChI is InChI=1S/C23H18N2O2/c1-14-10-17(12-15-6-8-16(13-24)9-7-15)22-19(11-14)21(23(26)27)18-4-2-3-5-20(18)25-22/h2-9,12,14H,10-11H2,1H3,(H,26,27)/b17-12+. The molecule has 0 saturated carbocycles. The van der Waals surface area contributed by atoms with Crippen LogP contribution in [-0.4, -0.2) is 16.1 Å². The van der Waals surface area contributed by atoms with E-state index in [0.29, 0.717) is 34.4 Å². The van der Waals surface area contributed by atoms with Crippen LogP contribution in [0.4, 0.5) is 0 Å². The number of rotatable bonds is 2. The number of carboxylic acid groups (broad SMARTS) is 1. The lowest BCUT2D eigenvalue weighted by Gasteiger charge is -2.26. The van der Waals surface area contributed by atoms with Crippen molar-refractivity contribution >= 4 is 28.5 Å². The molecule has 4 heteroatoms. The zero-order valence-corrected chi connectivity index (χ0v) is 14.9. The smallest absolute Gasteiger partial charge is 0.336 e. The minimum absolute atomic E-state index is 0.336. The van der Waals surface area contributed by atoms with Gasteiger partial charge in [0.05, 0.1) is 28.4 Å². The van der Waals surface area contributed by atoms with Gasteiger partial charge in [-0.05, 0) is 59.7 Å². The molecule has 1 heterocycles. The third kappa shape index (κ3) is 3.09. The van der Waals surface area contributed by atoms with Gasteiger partial charge in [0.15, 0.2) is 0 Å². The highest BCUT2D eigenvalue weighted by Crippen LogP contribution is 2.38. The molecule has 1 aromatic heterocycles. The molecule has 1 aliphatic carbocycles. The SMILES string of the molecule is CC1C/C(=C\c2ccc(C#N)cc2)c2nc3ccccc3c(C(=O)O)c2C1. The van der Waals surface area contributed by atoms with Gasteiger partial charge in [0, 0.05) is 5.39 Å². The minimum atomic E-state index is -0.906. The summed E-state index contributed by atoms with van der Waals surface area (Å²) in [5.74, 6) is -0.570. The van der Waals surface area contributed by atoms with Crippen LogP contribution in [0.3, 0.4) is 0 Å². The second-order valence-corrected chi connectivity index (χ2v) is 7.05. The number of nitriles is 1. The average Bonchev–Trinajstić information content (AvgIpc) is 2.66. The van der Waals surface area contributed by atoms with Gasteiger partial charge in [0.25, 0.3) is 0 Å². The molecule has 0 fully saturated rings. The molecule has 0 amide bonds. The van der Waals surface area contributed by atoms with Gasteiger partial charge >= 0.3 is 5.97 Å². The molecule has 0 spiro atoms. The van der Waals surface area contributed by atoms with Crippen LogP contribution >= 0.6 is 0 Å². The van der Waals surface area contributed by atoms with Crippen LogP contribution < -0.4 is 0 Å². The molecule has 27 heavy (non-hydrogen) atoms. The Kier molecular flexibility index (Phi) is 4.21. The number of carboxylic acids is 1. The van der Waals surface area contributed by atoms with E-state index in [0.717, 1.165) is 28.8 Å². The maximum absolute atomic E-state index is 12.1. The molecule has 2 aromatic carbocycles. The van der Waals surface area contributed by atoms with Gasteiger partial charge in [0.2, 0.25) is 0 Å². The summed E-state index contributed by atoms with van der Waals surface area (Å²) in [5, 5.41) is 19.5. The first-order valence-corrected chi connectivity index (χ1v) is 8.93. The van der Waals surface area contributed by atoms with E-state index in [1.165, 1.54) is 0 Å². The summed E-state index contributed by atoms with van der Waals surface area (Å²) in [4.78, 5) is 16.9. The van der Waals surface area contributed by atoms with E-state index in [1.807, 2.05) is 36.4 Å². The summed E-state index contributed by atoms with van der Waals surface area (Å²) >= 11 is 0. The maximum atomic E-state index is 12.1. The van der Waals surface area contributed by atoms with Crippen LogP contribution in [0.5, 0.6) is 0 Å². The van der Waals surface area contributed by atoms with Gasteiger partial charge in [-0.3, -0.25) is 0 Å². The fourth-order valence-electron chi connectivity index (χ4n) is 3.84. The summed E-state index contributed by atoms with van der Waals surface area (Å²) in [7, 11) is 0. The zero-order chi connectivity index (χ0) is 19.0. The van der Waals surface area contributed by atoms with Gasteiger partial charge < -0.3 is 5.11 Å². The van der Waals surface area contributed by atoms with E-state index in [2.05, 4.69) is 19.1 Å². The molecule has 0 saturated heterocycles. The lowest BCUT2D eigenvalue weighted by Crippen LogP contribution is -2.17. The Labute approximate surface area is 157 Å². The number of pyridine rings is 1. The van der Waals surface area contributed by atoms with E-state index >= 15 is 0 Å². The van der Waals surface area contributed by atoms with Crippen molar-refractivity contribution in [2.75, 3.05) is 0 Å². The number of hydrogen-bond donors (Lipinski definition) is 1. The number of para-hydroxylation sites is 1. The zero-order valence-electron chi connectivity index (χ0n) is 14.9. The Morgan fingerprint density at radius 3 is 2.63 bits per heavy atom. The molecule has 0 bridgehead atoms. The van der Waals surface area contributed by atoms with Crippen molar-refractivity contribution < 1.29 is 9.90 Å². The number of hydrogen-bond acceptors (Lipinski definition) is 3. The number of carbonyl (C=O) groups is 1. The number of aromatic carboxylic acids is 1. The number of aromatic nitrogens is 1. The van der Waals surface area contributed by atoms with Crippen molar-refractivity contribution in [3.8, 4) is 6.07 Å². The van der Waals surface area contributed by atoms with Gasteiger partial charge in [-0.25, -0.2) is 9.78 Å². The van der Waals surface area contributed by atoms with Gasteiger partial charge in [-0.1, -0.05) is 37.3 Å². The molecule has 0 aliphatic heterocycles. The van der Waals surface area contributed by atoms with Gasteiger partial charge in [-0.15, -0.1) is 0 Å². The van der Waals surface area contributed by atoms with E-state index in [9.17, 15) is 9.90 Å². The maximum Gasteiger partial charge on any atom is 0.336 e. The third-order valence-corrected chi connectivity index (χ3v) is 5.01. The predicted molar refractivity (Wildman–Crippen MR) is 105 cm³/mol. The minimum Gasteiger partial charge on any atom is -0.478 e. The van der Waals surface area contributed by atoms with E-state index in [4.69, 9.17) is 10.2 Å². The highest BCUT2D eigenvalue weighted by Gasteiger charge is 2.27. The molecule has 1 N–H and O–H groups in total. The fraction of sp³-hybridized carbons (Fsp3) is 0.174. The molecule has 3 aromatic rings. The number of fused-ring (bicyclic) bond motifs is 2. The summed E-state index contributed by atoms with van der Waals surface area (Å²) in [6, 6.07) is 16.9. The van der Waals surface area contributed by atoms with Crippen molar-refractivity contribution in [2.24, 2.45) is 5.92 Å². The molecule has 1 aliphatic rings. The largest absolute Gasteiger partial charge is 0.478 e. The molecular formula is C23H18N2O2. The normalized spacial score (nSPS) is 17.5. The quantitative estimate of drug-likeness (QED) is 0.708. The Morgan fingerprint density at radius 1 is 1.19 bits per heavy atom. The molecular weight excluding hydrogens is 336 g/mol. The molecule has 4 nitrogen and oxygen atoms in total. The predicted octanol–water partition coefficient (Wildman–Crippen LogP) is 4.93. The number of benzene rings is 2. The van der Waals surface area contributed by atoms with Crippen molar-refractivity contribution in [1.82, 2.24) is 4.98 Å². The molecule has 4 rings (SSSR count). The number of nitrogens with zero attached hydrogens (tertiary/aromatic N) is 2. The highest BCUT2D eigenvalue weighted by atomic mass is 16.4. The van der Waals surface area contributed by atoms with Crippen LogP contribution in [0, 0.1) is 17.2 Å². The first-order valence-electron chi connectivity index (χ1n) is 8.93. The molecule has 132 valence electrons. The van der Waals surface area contributed by atoms with E-state index in [-0.39, 0.29) is 0 Å². The second kappa shape index (κ2) is 6.69. The summed E-state index contributed by atoms with van der Waals surface area (Å²) in [5.41, 5.74) is 5.32. The third-order valence-electron chi connectivity index (χ3n) is 5.01. The Hall–Kier alpha value is -3.45. The van der Waals surface area contributed by atoms with Gasteiger partial charge in [-0.2, -0.15) is 5.26 Å². The van der Waals surface area contributed by atoms with Crippen molar-refractivity contribution in [3.63, 3.8) is 0 Å². The lowest BCUT2D eigenvalue weighted by atomic mass is 9.80. The number of allylic oxidation sites excluding steroid dienone is 1. The Morgan fingerprint density at radius 2 is 1.93 bits per heavy atom. The van der Waals surface area contributed by atoms with Crippen LogP contribution in [0.15, 0.2) is 48.5 Å². The monoisotopic (exact) mass is 354 g/mol. The average molecular weight is 354 g/mol. The summed E-state index contributed by atoms with van der Waals surface area (Å²) in [6.45, 7) is 2.14. The van der Waals surface area contributed by atoms with Crippen LogP contribution in [0.25, 0.3) is 22.6 Å². The van der Waals surface area contributed by atoms with Gasteiger partial charge in [0.1, 0.15) is 0 Å². The molecule has 0 radical (unpaired) electrons. The van der Waals surface area contributed by atoms with Crippen molar-refractivity contribution in [3.05, 3.63) is 76.5 Å². The highest BCUT2D eigenvalue weighted by molar-refractivity contribution is 6.05. The first-order chi connectivity index (χ1) is 13.1. The summed E-state index contributed by atoms with van der Waals surface area (Å²) < 4.78 is 0. The first kappa shape index (κ1) is 17.0. The topological polar surface area (TPSA) is 74.0 Å². The van der Waals surface area contributed by atoms with E-state index < -0.39 is 5.97 Å². The Bertz CT molecular complexity index is 1120. The molecule has 1 atom stereocenters. The second-order valence-electron chi connectivity index (χ2n) is 7.05. The Balaban J connectivity index is 1.94. The molecule has 1 unspecified atom stereocenters. The lowest BCUT2D eigenvalue weighted by molar-refractivity contribution is 0.0697. The van der Waals surface area contributed by atoms with E-state index in [1.54, 1.807) is 12.1 Å². The van der Waals surface area contributed by atoms with Crippen LogP contribution in [0.2, 0.25) is 0 Å². The fourth-order valence-corrected chi connectivity index (χ4v) is 3.84. The van der Waals surface area contributed by atoms with Crippen LogP contribution in [0.1, 0.15) is 46.1 Å².